The maximum Gasteiger partial charge on any atom is 0.415 e. The third-order valence-electron chi connectivity index (χ3n) is 4.64. The molecule has 148 valence electrons. The standard InChI is InChI=1S/C21H19FN4O3/c1-21(2,22)11-29-15-4-5-16(13(7-15)9-23)19-10-28-20(27)26(19)14-3-6-17-18(8-14)25-12-24-17/h3-8,12,19H,10-11H2,1-2H3,(H,24,25)/t19-/m1/s1. The van der Waals surface area contributed by atoms with E-state index in [0.29, 0.717) is 22.6 Å². The Hall–Kier alpha value is -3.60. The van der Waals surface area contributed by atoms with Gasteiger partial charge in [-0.3, -0.25) is 4.90 Å². The number of cyclic esters (lactones) is 1. The van der Waals surface area contributed by atoms with Crippen LogP contribution in [0.15, 0.2) is 42.7 Å². The summed E-state index contributed by atoms with van der Waals surface area (Å²) in [6, 6.07) is 12.0. The molecule has 0 saturated carbocycles. The second-order valence-corrected chi connectivity index (χ2v) is 7.43. The van der Waals surface area contributed by atoms with Crippen molar-refractivity contribution in [3.63, 3.8) is 0 Å². The van der Waals surface area contributed by atoms with E-state index >= 15 is 0 Å². The molecule has 0 unspecified atom stereocenters. The summed E-state index contributed by atoms with van der Waals surface area (Å²) in [7, 11) is 0. The van der Waals surface area contributed by atoms with Gasteiger partial charge in [-0.05, 0) is 49.7 Å². The number of amides is 1. The fourth-order valence-corrected chi connectivity index (χ4v) is 3.27. The van der Waals surface area contributed by atoms with Gasteiger partial charge in [0.05, 0.1) is 34.7 Å². The third kappa shape index (κ3) is 3.72. The van der Waals surface area contributed by atoms with E-state index in [1.54, 1.807) is 36.7 Å². The van der Waals surface area contributed by atoms with Crippen LogP contribution in [0.1, 0.15) is 31.0 Å². The summed E-state index contributed by atoms with van der Waals surface area (Å²) in [6.07, 6.45) is 1.09. The highest BCUT2D eigenvalue weighted by Crippen LogP contribution is 2.36. The first-order valence-electron chi connectivity index (χ1n) is 9.10. The zero-order valence-electron chi connectivity index (χ0n) is 16.0. The highest BCUT2D eigenvalue weighted by molar-refractivity contribution is 5.93. The second kappa shape index (κ2) is 7.09. The summed E-state index contributed by atoms with van der Waals surface area (Å²) in [5.74, 6) is 0.394. The summed E-state index contributed by atoms with van der Waals surface area (Å²) in [6.45, 7) is 2.83. The molecule has 4 rings (SSSR count). The first-order valence-corrected chi connectivity index (χ1v) is 9.10. The predicted molar refractivity (Wildman–Crippen MR) is 105 cm³/mol. The van der Waals surface area contributed by atoms with Gasteiger partial charge in [-0.15, -0.1) is 0 Å². The molecule has 1 N–H and O–H groups in total. The van der Waals surface area contributed by atoms with Gasteiger partial charge in [-0.25, -0.2) is 14.2 Å². The van der Waals surface area contributed by atoms with Gasteiger partial charge in [0.15, 0.2) is 0 Å². The summed E-state index contributed by atoms with van der Waals surface area (Å²) >= 11 is 0. The molecule has 0 spiro atoms. The SMILES string of the molecule is CC(C)(F)COc1ccc([C@H]2COC(=O)N2c2ccc3[nH]cnc3c2)c(C#N)c1. The molecule has 29 heavy (non-hydrogen) atoms. The average molecular weight is 394 g/mol. The molecule has 0 bridgehead atoms. The maximum atomic E-state index is 13.7. The number of halogens is 1. The van der Waals surface area contributed by atoms with E-state index in [-0.39, 0.29) is 13.2 Å². The maximum absolute atomic E-state index is 13.7. The smallest absolute Gasteiger partial charge is 0.415 e. The lowest BCUT2D eigenvalue weighted by atomic mass is 10.00. The van der Waals surface area contributed by atoms with Crippen molar-refractivity contribution in [2.24, 2.45) is 0 Å². The van der Waals surface area contributed by atoms with Crippen LogP contribution in [0.4, 0.5) is 14.9 Å². The lowest BCUT2D eigenvalue weighted by Gasteiger charge is -2.23. The van der Waals surface area contributed by atoms with E-state index < -0.39 is 17.8 Å². The molecule has 2 aromatic carbocycles. The third-order valence-corrected chi connectivity index (χ3v) is 4.64. The van der Waals surface area contributed by atoms with E-state index in [2.05, 4.69) is 16.0 Å². The van der Waals surface area contributed by atoms with Crippen molar-refractivity contribution < 1.29 is 18.7 Å². The molecule has 1 fully saturated rings. The van der Waals surface area contributed by atoms with Gasteiger partial charge in [0.25, 0.3) is 0 Å². The van der Waals surface area contributed by atoms with E-state index in [1.807, 2.05) is 6.07 Å². The number of nitrogens with zero attached hydrogens (tertiary/aromatic N) is 3. The number of hydrogen-bond acceptors (Lipinski definition) is 5. The minimum atomic E-state index is -1.49. The number of alkyl halides is 1. The number of nitrogens with one attached hydrogen (secondary N) is 1. The Morgan fingerprint density at radius 1 is 1.38 bits per heavy atom. The molecule has 1 aromatic heterocycles. The molecule has 1 aliphatic rings. The van der Waals surface area contributed by atoms with Crippen LogP contribution in [0.3, 0.4) is 0 Å². The van der Waals surface area contributed by atoms with Crippen molar-refractivity contribution in [3.8, 4) is 11.8 Å². The van der Waals surface area contributed by atoms with Crippen LogP contribution in [-0.4, -0.2) is 34.9 Å². The van der Waals surface area contributed by atoms with E-state index in [0.717, 1.165) is 11.0 Å². The van der Waals surface area contributed by atoms with Gasteiger partial charge >= 0.3 is 6.09 Å². The lowest BCUT2D eigenvalue weighted by Crippen LogP contribution is -2.27. The topological polar surface area (TPSA) is 91.2 Å². The Morgan fingerprint density at radius 2 is 2.21 bits per heavy atom. The number of carbonyl (C=O) groups excluding carboxylic acids is 1. The largest absolute Gasteiger partial charge is 0.490 e. The monoisotopic (exact) mass is 394 g/mol. The Bertz CT molecular complexity index is 1110. The van der Waals surface area contributed by atoms with Crippen molar-refractivity contribution in [1.29, 1.82) is 5.26 Å². The number of H-pyrrole nitrogens is 1. The molecule has 1 saturated heterocycles. The number of nitriles is 1. The Balaban J connectivity index is 1.67. The van der Waals surface area contributed by atoms with E-state index in [1.165, 1.54) is 18.7 Å². The molecular weight excluding hydrogens is 375 g/mol. The molecule has 0 aliphatic carbocycles. The van der Waals surface area contributed by atoms with Crippen LogP contribution < -0.4 is 9.64 Å². The zero-order chi connectivity index (χ0) is 20.6. The fourth-order valence-electron chi connectivity index (χ4n) is 3.27. The van der Waals surface area contributed by atoms with E-state index in [9.17, 15) is 14.4 Å². The second-order valence-electron chi connectivity index (χ2n) is 7.43. The van der Waals surface area contributed by atoms with Crippen LogP contribution in [0.5, 0.6) is 5.75 Å². The van der Waals surface area contributed by atoms with Gasteiger partial charge in [-0.2, -0.15) is 5.26 Å². The summed E-state index contributed by atoms with van der Waals surface area (Å²) < 4.78 is 24.4. The summed E-state index contributed by atoms with van der Waals surface area (Å²) in [5, 5.41) is 9.63. The van der Waals surface area contributed by atoms with Gasteiger partial charge in [-0.1, -0.05) is 6.07 Å². The highest BCUT2D eigenvalue weighted by atomic mass is 19.1. The number of anilines is 1. The molecule has 1 amide bonds. The number of imidazole rings is 1. The van der Waals surface area contributed by atoms with Gasteiger partial charge < -0.3 is 14.5 Å². The normalized spacial score (nSPS) is 16.7. The number of rotatable bonds is 5. The molecule has 1 aliphatic heterocycles. The van der Waals surface area contributed by atoms with Crippen LogP contribution in [0.2, 0.25) is 0 Å². The molecule has 2 heterocycles. The molecule has 7 nitrogen and oxygen atoms in total. The fraction of sp³-hybridized carbons (Fsp3) is 0.286. The Labute approximate surface area is 166 Å². The minimum Gasteiger partial charge on any atom is -0.490 e. The lowest BCUT2D eigenvalue weighted by molar-refractivity contribution is 0.121. The van der Waals surface area contributed by atoms with Gasteiger partial charge in [0.2, 0.25) is 0 Å². The average Bonchev–Trinajstić information content (AvgIpc) is 3.31. The Morgan fingerprint density at radius 3 is 2.97 bits per heavy atom. The highest BCUT2D eigenvalue weighted by Gasteiger charge is 2.37. The number of benzene rings is 2. The first kappa shape index (κ1) is 18.7. The Kier molecular flexibility index (Phi) is 4.59. The molecule has 8 heteroatoms. The number of hydrogen-bond donors (Lipinski definition) is 1. The van der Waals surface area contributed by atoms with Crippen molar-refractivity contribution >= 4 is 22.8 Å². The molecule has 1 atom stereocenters. The summed E-state index contributed by atoms with van der Waals surface area (Å²) in [5.41, 5.74) is 1.69. The van der Waals surface area contributed by atoms with Crippen LogP contribution in [0.25, 0.3) is 11.0 Å². The summed E-state index contributed by atoms with van der Waals surface area (Å²) in [4.78, 5) is 21.2. The number of ether oxygens (including phenoxy) is 2. The van der Waals surface area contributed by atoms with Crippen LogP contribution >= 0.6 is 0 Å². The predicted octanol–water partition coefficient (Wildman–Crippen LogP) is 4.26. The van der Waals surface area contributed by atoms with Crippen molar-refractivity contribution in [2.45, 2.75) is 25.6 Å². The first-order chi connectivity index (χ1) is 13.9. The van der Waals surface area contributed by atoms with Crippen LogP contribution in [-0.2, 0) is 4.74 Å². The van der Waals surface area contributed by atoms with Gasteiger partial charge in [0.1, 0.15) is 30.7 Å². The molecule has 0 radical (unpaired) electrons. The number of fused-ring (bicyclic) bond motifs is 1. The van der Waals surface area contributed by atoms with E-state index in [4.69, 9.17) is 9.47 Å². The molecular formula is C21H19FN4O3. The molecule has 3 aromatic rings. The number of aromatic amines is 1. The zero-order valence-corrected chi connectivity index (χ0v) is 16.0. The number of aromatic nitrogens is 2. The van der Waals surface area contributed by atoms with Crippen molar-refractivity contribution in [1.82, 2.24) is 9.97 Å². The van der Waals surface area contributed by atoms with Crippen molar-refractivity contribution in [2.75, 3.05) is 18.1 Å². The van der Waals surface area contributed by atoms with Crippen LogP contribution in [0, 0.1) is 11.3 Å². The quantitative estimate of drug-likeness (QED) is 0.698. The number of carbonyl (C=O) groups is 1. The van der Waals surface area contributed by atoms with Crippen molar-refractivity contribution in [3.05, 3.63) is 53.9 Å². The minimum absolute atomic E-state index is 0.115. The van der Waals surface area contributed by atoms with Gasteiger partial charge in [0, 0.05) is 0 Å².